The Hall–Kier alpha value is -3.88. The fraction of sp³-hybridized carbons (Fsp3) is 0.0588. The molecule has 0 radical (unpaired) electrons. The van der Waals surface area contributed by atoms with E-state index in [0.29, 0.717) is 6.29 Å². The molecule has 0 amide bonds. The minimum absolute atomic E-state index is 0.0293. The number of carbonyl (C=O) groups excluding carboxylic acids is 4. The van der Waals surface area contributed by atoms with Gasteiger partial charge in [-0.1, -0.05) is 12.7 Å². The molecule has 2 heterocycles. The second-order valence-corrected chi connectivity index (χ2v) is 5.26. The SMILES string of the molecule is C=CCOC(=O)c1cc2c([nH]1)-c1c(C=O)cc(C(=O)O)nc1C(=O)C2=O. The van der Waals surface area contributed by atoms with E-state index in [0.717, 1.165) is 12.1 Å². The number of aromatic carboxylic acids is 1. The maximum Gasteiger partial charge on any atom is 0.355 e. The Morgan fingerprint density at radius 1 is 1.27 bits per heavy atom. The van der Waals surface area contributed by atoms with Crippen LogP contribution in [-0.2, 0) is 4.74 Å². The predicted octanol–water partition coefficient (Wildman–Crippen LogP) is 1.31. The summed E-state index contributed by atoms with van der Waals surface area (Å²) < 4.78 is 4.86. The number of ketones is 2. The van der Waals surface area contributed by atoms with E-state index in [4.69, 9.17) is 9.84 Å². The van der Waals surface area contributed by atoms with Gasteiger partial charge in [-0.3, -0.25) is 14.4 Å². The Balaban J connectivity index is 2.24. The first-order valence-corrected chi connectivity index (χ1v) is 7.23. The van der Waals surface area contributed by atoms with Crippen LogP contribution >= 0.6 is 0 Å². The van der Waals surface area contributed by atoms with Gasteiger partial charge in [-0.2, -0.15) is 0 Å². The number of nitrogens with zero attached hydrogens (tertiary/aromatic N) is 1. The number of nitrogens with one attached hydrogen (secondary N) is 1. The van der Waals surface area contributed by atoms with Crippen molar-refractivity contribution in [2.75, 3.05) is 6.61 Å². The quantitative estimate of drug-likeness (QED) is 0.354. The lowest BCUT2D eigenvalue weighted by molar-refractivity contribution is 0.0543. The molecule has 26 heavy (non-hydrogen) atoms. The Labute approximate surface area is 145 Å². The highest BCUT2D eigenvalue weighted by Gasteiger charge is 2.37. The maximum atomic E-state index is 12.3. The molecule has 0 saturated carbocycles. The summed E-state index contributed by atoms with van der Waals surface area (Å²) in [6.07, 6.45) is 1.70. The number of aldehydes is 1. The number of carbonyl (C=O) groups is 5. The number of rotatable bonds is 5. The van der Waals surface area contributed by atoms with Gasteiger partial charge in [0, 0.05) is 11.1 Å². The summed E-state index contributed by atoms with van der Waals surface area (Å²) in [5, 5.41) is 9.06. The Bertz CT molecular complexity index is 1020. The summed E-state index contributed by atoms with van der Waals surface area (Å²) in [6, 6.07) is 2.13. The third-order valence-electron chi connectivity index (χ3n) is 3.68. The van der Waals surface area contributed by atoms with E-state index in [1.807, 2.05) is 0 Å². The lowest BCUT2D eigenvalue weighted by Gasteiger charge is -2.15. The van der Waals surface area contributed by atoms with Crippen LogP contribution in [0.3, 0.4) is 0 Å². The molecule has 2 aromatic rings. The average Bonchev–Trinajstić information content (AvgIpc) is 3.08. The van der Waals surface area contributed by atoms with Crippen LogP contribution in [0.1, 0.15) is 52.2 Å². The van der Waals surface area contributed by atoms with Gasteiger partial charge >= 0.3 is 11.9 Å². The first-order valence-electron chi connectivity index (χ1n) is 7.23. The normalized spacial score (nSPS) is 12.2. The van der Waals surface area contributed by atoms with Crippen LogP contribution in [0, 0.1) is 0 Å². The summed E-state index contributed by atoms with van der Waals surface area (Å²) in [4.78, 5) is 65.4. The molecule has 9 nitrogen and oxygen atoms in total. The van der Waals surface area contributed by atoms with Crippen LogP contribution in [0.4, 0.5) is 0 Å². The Morgan fingerprint density at radius 3 is 2.62 bits per heavy atom. The van der Waals surface area contributed by atoms with E-state index < -0.39 is 34.9 Å². The molecule has 0 spiro atoms. The van der Waals surface area contributed by atoms with Crippen LogP contribution in [0.5, 0.6) is 0 Å². The zero-order valence-corrected chi connectivity index (χ0v) is 13.1. The summed E-state index contributed by atoms with van der Waals surface area (Å²) in [6.45, 7) is 3.35. The topological polar surface area (TPSA) is 143 Å². The van der Waals surface area contributed by atoms with Gasteiger partial charge in [0.15, 0.2) is 6.29 Å². The van der Waals surface area contributed by atoms with Crippen molar-refractivity contribution in [1.29, 1.82) is 0 Å². The monoisotopic (exact) mass is 354 g/mol. The standard InChI is InChI=1S/C17H10N2O7/c1-2-3-26-17(25)10-5-8-12(19-10)11-7(6-20)4-9(16(23)24)18-13(11)15(22)14(8)21/h2,4-6,19H,1,3H2,(H,23,24). The minimum atomic E-state index is -1.46. The minimum Gasteiger partial charge on any atom is -0.477 e. The van der Waals surface area contributed by atoms with Gasteiger partial charge in [0.05, 0.1) is 11.3 Å². The van der Waals surface area contributed by atoms with Gasteiger partial charge in [-0.25, -0.2) is 14.6 Å². The van der Waals surface area contributed by atoms with Crippen LogP contribution in [0.25, 0.3) is 11.3 Å². The van der Waals surface area contributed by atoms with Gasteiger partial charge in [0.25, 0.3) is 5.78 Å². The lowest BCUT2D eigenvalue weighted by atomic mass is 9.89. The maximum absolute atomic E-state index is 12.3. The number of hydrogen-bond donors (Lipinski definition) is 2. The van der Waals surface area contributed by atoms with E-state index in [-0.39, 0.29) is 34.7 Å². The van der Waals surface area contributed by atoms with Crippen LogP contribution in [-0.4, -0.2) is 51.5 Å². The number of Topliss-reactive ketones (excluding diaryl/α,β-unsaturated/α-hetero) is 2. The van der Waals surface area contributed by atoms with E-state index in [9.17, 15) is 24.0 Å². The molecule has 0 fully saturated rings. The Morgan fingerprint density at radius 2 is 2.00 bits per heavy atom. The molecule has 2 aromatic heterocycles. The number of fused-ring (bicyclic) bond motifs is 3. The number of hydrogen-bond acceptors (Lipinski definition) is 7. The molecule has 0 aliphatic heterocycles. The number of carboxylic acids is 1. The summed E-state index contributed by atoms with van der Waals surface area (Å²) in [5.41, 5.74) is -1.40. The van der Waals surface area contributed by atoms with Gasteiger partial charge in [0.1, 0.15) is 23.7 Å². The van der Waals surface area contributed by atoms with E-state index in [1.165, 1.54) is 6.08 Å². The smallest absolute Gasteiger partial charge is 0.355 e. The van der Waals surface area contributed by atoms with Crippen molar-refractivity contribution in [3.05, 3.63) is 53.0 Å². The number of pyridine rings is 1. The number of carboxylic acid groups (broad SMARTS) is 1. The molecule has 2 N–H and O–H groups in total. The third kappa shape index (κ3) is 2.51. The zero-order chi connectivity index (χ0) is 19.0. The highest BCUT2D eigenvalue weighted by atomic mass is 16.5. The number of H-pyrrole nitrogens is 1. The molecule has 1 aliphatic rings. The van der Waals surface area contributed by atoms with Crippen LogP contribution in [0.15, 0.2) is 24.8 Å². The summed E-state index contributed by atoms with van der Waals surface area (Å²) >= 11 is 0. The molecular formula is C17H10N2O7. The van der Waals surface area contributed by atoms with Crippen molar-refractivity contribution >= 4 is 29.8 Å². The highest BCUT2D eigenvalue weighted by Crippen LogP contribution is 2.35. The molecule has 0 saturated heterocycles. The van der Waals surface area contributed by atoms with E-state index >= 15 is 0 Å². The van der Waals surface area contributed by atoms with Crippen molar-refractivity contribution in [3.8, 4) is 11.3 Å². The molecule has 0 unspecified atom stereocenters. The molecule has 130 valence electrons. The van der Waals surface area contributed by atoms with Crippen molar-refractivity contribution in [1.82, 2.24) is 9.97 Å². The van der Waals surface area contributed by atoms with Crippen molar-refractivity contribution < 1.29 is 33.8 Å². The predicted molar refractivity (Wildman–Crippen MR) is 85.5 cm³/mol. The molecule has 9 heteroatoms. The number of aromatic nitrogens is 2. The van der Waals surface area contributed by atoms with Crippen molar-refractivity contribution in [2.24, 2.45) is 0 Å². The number of ether oxygens (including phenoxy) is 1. The first-order chi connectivity index (χ1) is 12.4. The zero-order valence-electron chi connectivity index (χ0n) is 13.1. The van der Waals surface area contributed by atoms with Crippen LogP contribution < -0.4 is 0 Å². The van der Waals surface area contributed by atoms with Gasteiger partial charge in [0.2, 0.25) is 5.78 Å². The van der Waals surface area contributed by atoms with Crippen LogP contribution in [0.2, 0.25) is 0 Å². The highest BCUT2D eigenvalue weighted by molar-refractivity contribution is 6.52. The molecule has 3 rings (SSSR count). The first kappa shape index (κ1) is 17.0. The lowest BCUT2D eigenvalue weighted by Crippen LogP contribution is -2.24. The average molecular weight is 354 g/mol. The fourth-order valence-electron chi connectivity index (χ4n) is 2.58. The molecule has 0 atom stereocenters. The molecule has 0 bridgehead atoms. The Kier molecular flexibility index (Phi) is 4.05. The summed E-state index contributed by atoms with van der Waals surface area (Å²) in [7, 11) is 0. The third-order valence-corrected chi connectivity index (χ3v) is 3.68. The van der Waals surface area contributed by atoms with Gasteiger partial charge in [-0.05, 0) is 12.1 Å². The summed E-state index contributed by atoms with van der Waals surface area (Å²) in [5.74, 6) is -4.28. The largest absolute Gasteiger partial charge is 0.477 e. The van der Waals surface area contributed by atoms with Gasteiger partial charge < -0.3 is 14.8 Å². The van der Waals surface area contributed by atoms with Crippen molar-refractivity contribution in [2.45, 2.75) is 0 Å². The second-order valence-electron chi connectivity index (χ2n) is 5.26. The molecular weight excluding hydrogens is 344 g/mol. The number of esters is 1. The van der Waals surface area contributed by atoms with Gasteiger partial charge in [-0.15, -0.1) is 0 Å². The molecule has 1 aliphatic carbocycles. The van der Waals surface area contributed by atoms with E-state index in [2.05, 4.69) is 16.5 Å². The molecule has 0 aromatic carbocycles. The fourth-order valence-corrected chi connectivity index (χ4v) is 2.58. The number of aromatic amines is 1. The second kappa shape index (κ2) is 6.20. The van der Waals surface area contributed by atoms with Crippen molar-refractivity contribution in [3.63, 3.8) is 0 Å². The van der Waals surface area contributed by atoms with E-state index in [1.54, 1.807) is 0 Å².